The maximum Gasteiger partial charge on any atom is 0.410 e. The zero-order valence-electron chi connectivity index (χ0n) is 23.7. The average molecular weight is 537 g/mol. The highest BCUT2D eigenvalue weighted by Crippen LogP contribution is 2.22. The van der Waals surface area contributed by atoms with E-state index in [1.54, 1.807) is 27.0 Å². The van der Waals surface area contributed by atoms with E-state index in [0.29, 0.717) is 36.7 Å². The highest BCUT2D eigenvalue weighted by molar-refractivity contribution is 5.87. The van der Waals surface area contributed by atoms with Gasteiger partial charge >= 0.3 is 6.09 Å². The molecule has 2 aromatic rings. The second-order valence-corrected chi connectivity index (χ2v) is 9.80. The molecule has 0 saturated carbocycles. The summed E-state index contributed by atoms with van der Waals surface area (Å²) in [5.41, 5.74) is 2.48. The summed E-state index contributed by atoms with van der Waals surface area (Å²) >= 11 is 0. The van der Waals surface area contributed by atoms with Crippen molar-refractivity contribution in [1.82, 2.24) is 20.2 Å². The molecule has 0 bridgehead atoms. The number of carbonyl (C=O) groups excluding carboxylic acids is 2. The van der Waals surface area contributed by atoms with Crippen LogP contribution < -0.4 is 21.3 Å². The second kappa shape index (κ2) is 15.2. The number of ether oxygens (including phenoxy) is 1. The predicted molar refractivity (Wildman–Crippen MR) is 156 cm³/mol. The van der Waals surface area contributed by atoms with Crippen molar-refractivity contribution < 1.29 is 14.3 Å². The van der Waals surface area contributed by atoms with Crippen molar-refractivity contribution in [1.29, 1.82) is 5.41 Å². The van der Waals surface area contributed by atoms with E-state index in [0.717, 1.165) is 29.9 Å². The van der Waals surface area contributed by atoms with Crippen LogP contribution in [0.25, 0.3) is 0 Å². The summed E-state index contributed by atoms with van der Waals surface area (Å²) in [6.45, 7) is 8.52. The lowest BCUT2D eigenvalue weighted by molar-refractivity contribution is -0.122. The summed E-state index contributed by atoms with van der Waals surface area (Å²) < 4.78 is 5.25. The summed E-state index contributed by atoms with van der Waals surface area (Å²) in [5, 5.41) is 19.9. The first-order valence-corrected chi connectivity index (χ1v) is 13.0. The molecule has 2 rings (SSSR count). The van der Waals surface area contributed by atoms with Gasteiger partial charge in [-0.1, -0.05) is 18.8 Å². The molecule has 11 nitrogen and oxygen atoms in total. The highest BCUT2D eigenvalue weighted by atomic mass is 16.6. The number of likely N-dealkylation sites (N-methyl/N-ethyl adjacent to an activating group) is 1. The molecule has 2 amide bonds. The van der Waals surface area contributed by atoms with Gasteiger partial charge in [0, 0.05) is 56.8 Å². The van der Waals surface area contributed by atoms with Crippen LogP contribution in [0.5, 0.6) is 0 Å². The molecule has 0 atom stereocenters. The minimum absolute atomic E-state index is 0.0755. The fourth-order valence-corrected chi connectivity index (χ4v) is 3.26. The molecule has 0 saturated heterocycles. The maximum atomic E-state index is 12.1. The Labute approximate surface area is 231 Å². The summed E-state index contributed by atoms with van der Waals surface area (Å²) in [7, 11) is 3.34. The molecule has 5 N–H and O–H groups in total. The number of aromatic nitrogens is 2. The second-order valence-electron chi connectivity index (χ2n) is 9.80. The first-order chi connectivity index (χ1) is 18.6. The number of benzene rings is 1. The van der Waals surface area contributed by atoms with Crippen LogP contribution in [0.1, 0.15) is 58.1 Å². The first-order valence-electron chi connectivity index (χ1n) is 13.0. The number of amides is 2. The molecule has 0 spiro atoms. The van der Waals surface area contributed by atoms with Crippen molar-refractivity contribution in [2.24, 2.45) is 0 Å². The summed E-state index contributed by atoms with van der Waals surface area (Å²) in [6, 6.07) is 5.61. The van der Waals surface area contributed by atoms with Gasteiger partial charge in [-0.25, -0.2) is 9.78 Å². The average Bonchev–Trinajstić information content (AvgIpc) is 2.89. The summed E-state index contributed by atoms with van der Waals surface area (Å²) in [6.07, 6.45) is 4.60. The lowest BCUT2D eigenvalue weighted by Crippen LogP contribution is -2.41. The molecule has 0 radical (unpaired) electrons. The van der Waals surface area contributed by atoms with Crippen molar-refractivity contribution in [3.63, 3.8) is 0 Å². The van der Waals surface area contributed by atoms with Crippen molar-refractivity contribution in [2.75, 3.05) is 49.7 Å². The Kier molecular flexibility index (Phi) is 12.0. The Hall–Kier alpha value is -4.33. The van der Waals surface area contributed by atoms with Crippen LogP contribution >= 0.6 is 0 Å². The van der Waals surface area contributed by atoms with E-state index in [2.05, 4.69) is 50.0 Å². The largest absolute Gasteiger partial charge is 0.444 e. The monoisotopic (exact) mass is 536 g/mol. The van der Waals surface area contributed by atoms with Gasteiger partial charge in [-0.2, -0.15) is 4.98 Å². The Morgan fingerprint density at radius 2 is 2.00 bits per heavy atom. The van der Waals surface area contributed by atoms with Crippen LogP contribution in [0, 0.1) is 17.3 Å². The molecule has 39 heavy (non-hydrogen) atoms. The van der Waals surface area contributed by atoms with E-state index in [1.165, 1.54) is 18.2 Å². The van der Waals surface area contributed by atoms with Gasteiger partial charge in [0.05, 0.1) is 11.8 Å². The first kappa shape index (κ1) is 30.9. The molecule has 1 aromatic carbocycles. The molecule has 210 valence electrons. The molecule has 0 aliphatic heterocycles. The zero-order valence-corrected chi connectivity index (χ0v) is 23.7. The molecule has 1 aromatic heterocycles. The highest BCUT2D eigenvalue weighted by Gasteiger charge is 2.20. The van der Waals surface area contributed by atoms with Crippen LogP contribution in [0.15, 0.2) is 24.4 Å². The Bertz CT molecular complexity index is 1200. The van der Waals surface area contributed by atoms with E-state index >= 15 is 0 Å². The number of hydrogen-bond donors (Lipinski definition) is 5. The van der Waals surface area contributed by atoms with Crippen LogP contribution in [0.4, 0.5) is 27.9 Å². The summed E-state index contributed by atoms with van der Waals surface area (Å²) in [5.74, 6) is 7.06. The molecule has 0 aliphatic rings. The number of nitrogens with one attached hydrogen (secondary N) is 5. The van der Waals surface area contributed by atoms with E-state index in [1.807, 2.05) is 25.2 Å². The molecule has 0 unspecified atom stereocenters. The topological polar surface area (TPSA) is 144 Å². The fraction of sp³-hybridized carbons (Fsp3) is 0.464. The molecule has 0 aliphatic carbocycles. The third kappa shape index (κ3) is 10.9. The van der Waals surface area contributed by atoms with E-state index < -0.39 is 11.7 Å². The van der Waals surface area contributed by atoms with Crippen molar-refractivity contribution >= 4 is 41.4 Å². The standard InChI is InChI=1S/C28H40N8O3/c1-7-14-32-25-21(18-33-26(35-25)34-22-13-12-20(17-29)23(16-22)30-5)11-9-8-10-15-31-24(37)19-36(6)27(38)39-28(2,3)4/h12-13,16-18,29-30H,7-8,10,14-15,19H2,1-6H3,(H,31,37)(H2,32,33,34,35). The van der Waals surface area contributed by atoms with E-state index in [4.69, 9.17) is 10.1 Å². The van der Waals surface area contributed by atoms with Crippen molar-refractivity contribution in [3.8, 4) is 11.8 Å². The third-order valence-electron chi connectivity index (χ3n) is 5.18. The van der Waals surface area contributed by atoms with Gasteiger partial charge in [-0.15, -0.1) is 0 Å². The number of unbranched alkanes of at least 4 members (excludes halogenated alkanes) is 1. The number of nitrogens with zero attached hydrogens (tertiary/aromatic N) is 3. The van der Waals surface area contributed by atoms with Gasteiger partial charge in [0.1, 0.15) is 18.0 Å². The minimum Gasteiger partial charge on any atom is -0.444 e. The van der Waals surface area contributed by atoms with Gasteiger partial charge in [-0.05, 0) is 51.8 Å². The molecule has 11 heteroatoms. The van der Waals surface area contributed by atoms with E-state index in [9.17, 15) is 9.59 Å². The third-order valence-corrected chi connectivity index (χ3v) is 5.18. The maximum absolute atomic E-state index is 12.1. The number of hydrogen-bond acceptors (Lipinski definition) is 9. The fourth-order valence-electron chi connectivity index (χ4n) is 3.26. The quantitative estimate of drug-likeness (QED) is 0.154. The normalized spacial score (nSPS) is 10.5. The van der Waals surface area contributed by atoms with Gasteiger partial charge in [0.25, 0.3) is 0 Å². The minimum atomic E-state index is -0.612. The lowest BCUT2D eigenvalue weighted by Gasteiger charge is -2.24. The number of rotatable bonds is 12. The summed E-state index contributed by atoms with van der Waals surface area (Å²) in [4.78, 5) is 34.4. The van der Waals surface area contributed by atoms with Crippen LogP contribution in [-0.2, 0) is 9.53 Å². The number of carbonyl (C=O) groups is 2. The molecule has 1 heterocycles. The van der Waals surface area contributed by atoms with Crippen LogP contribution in [0.3, 0.4) is 0 Å². The molecular formula is C28H40N8O3. The Morgan fingerprint density at radius 1 is 1.23 bits per heavy atom. The molecule has 0 fully saturated rings. The predicted octanol–water partition coefficient (Wildman–Crippen LogP) is 4.20. The van der Waals surface area contributed by atoms with Crippen LogP contribution in [0.2, 0.25) is 0 Å². The van der Waals surface area contributed by atoms with Gasteiger partial charge in [-0.3, -0.25) is 4.79 Å². The van der Waals surface area contributed by atoms with Gasteiger partial charge in [0.15, 0.2) is 0 Å². The Morgan fingerprint density at radius 3 is 2.67 bits per heavy atom. The van der Waals surface area contributed by atoms with E-state index in [-0.39, 0.29) is 12.5 Å². The van der Waals surface area contributed by atoms with Crippen molar-refractivity contribution in [3.05, 3.63) is 35.5 Å². The molecular weight excluding hydrogens is 496 g/mol. The van der Waals surface area contributed by atoms with Gasteiger partial charge in [0.2, 0.25) is 11.9 Å². The zero-order chi connectivity index (χ0) is 28.8. The number of anilines is 4. The smallest absolute Gasteiger partial charge is 0.410 e. The SMILES string of the molecule is CCCNc1nc(Nc2ccc(C=N)c(NC)c2)ncc1C#CCCCNC(=O)CN(C)C(=O)OC(C)(C)C. The van der Waals surface area contributed by atoms with Gasteiger partial charge < -0.3 is 36.3 Å². The Balaban J connectivity index is 1.92. The van der Waals surface area contributed by atoms with Crippen molar-refractivity contribution in [2.45, 2.75) is 52.6 Å². The van der Waals surface area contributed by atoms with Crippen LogP contribution in [-0.4, -0.2) is 72.4 Å². The lowest BCUT2D eigenvalue weighted by atomic mass is 10.1.